The summed E-state index contributed by atoms with van der Waals surface area (Å²) in [4.78, 5) is 8.86. The smallest absolute Gasteiger partial charge is 0.146 e. The summed E-state index contributed by atoms with van der Waals surface area (Å²) < 4.78 is 0. The van der Waals surface area contributed by atoms with Crippen LogP contribution in [0.3, 0.4) is 0 Å². The maximum Gasteiger partial charge on any atom is 0.146 e. The minimum absolute atomic E-state index is 0.320. The Kier molecular flexibility index (Phi) is 2.16. The number of nitrogens with two attached hydrogens (primary N) is 1. The van der Waals surface area contributed by atoms with E-state index >= 15 is 0 Å². The number of aromatic nitrogens is 2. The van der Waals surface area contributed by atoms with Gasteiger partial charge in [0.25, 0.3) is 0 Å². The van der Waals surface area contributed by atoms with Gasteiger partial charge in [0.15, 0.2) is 0 Å². The molecule has 2 N–H and O–H groups in total. The fourth-order valence-corrected chi connectivity index (χ4v) is 1.95. The molecule has 0 saturated heterocycles. The molecule has 66 valence electrons. The maximum absolute atomic E-state index is 5.94. The predicted octanol–water partition coefficient (Wildman–Crippen LogP) is 2.44. The Balaban J connectivity index is 2.59. The minimum atomic E-state index is 0.320. The Morgan fingerprint density at radius 3 is 2.92 bits per heavy atom. The van der Waals surface area contributed by atoms with E-state index in [0.717, 1.165) is 4.88 Å². The second-order valence-electron chi connectivity index (χ2n) is 2.40. The summed E-state index contributed by atoms with van der Waals surface area (Å²) in [5.41, 5.74) is 6.25. The first-order valence-electron chi connectivity index (χ1n) is 3.59. The first-order chi connectivity index (χ1) is 6.29. The van der Waals surface area contributed by atoms with Gasteiger partial charge in [-0.05, 0) is 11.4 Å². The third-order valence-electron chi connectivity index (χ3n) is 1.57. The van der Waals surface area contributed by atoms with Gasteiger partial charge in [-0.3, -0.25) is 0 Å². The molecule has 0 fully saturated rings. The predicted molar refractivity (Wildman–Crippen MR) is 54.8 cm³/mol. The Morgan fingerprint density at radius 1 is 1.38 bits per heavy atom. The highest BCUT2D eigenvalue weighted by molar-refractivity contribution is 7.13. The van der Waals surface area contributed by atoms with Crippen molar-refractivity contribution in [2.75, 3.05) is 5.73 Å². The van der Waals surface area contributed by atoms with Crippen LogP contribution in [0.5, 0.6) is 0 Å². The van der Waals surface area contributed by atoms with E-state index in [1.54, 1.807) is 11.3 Å². The standard InChI is InChI=1S/C8H6ClN3S/c9-6-7(5-2-1-3-13-5)11-4-12-8(6)10/h1-4H,(H2,10,11,12). The molecule has 2 aromatic heterocycles. The average Bonchev–Trinajstić information content (AvgIpc) is 2.62. The quantitative estimate of drug-likeness (QED) is 0.788. The van der Waals surface area contributed by atoms with E-state index in [2.05, 4.69) is 9.97 Å². The minimum Gasteiger partial charge on any atom is -0.382 e. The second kappa shape index (κ2) is 3.32. The summed E-state index contributed by atoms with van der Waals surface area (Å²) in [6.07, 6.45) is 1.41. The number of rotatable bonds is 1. The molecule has 0 aliphatic carbocycles. The van der Waals surface area contributed by atoms with Gasteiger partial charge in [-0.1, -0.05) is 17.7 Å². The molecule has 2 heterocycles. The number of hydrogen-bond acceptors (Lipinski definition) is 4. The lowest BCUT2D eigenvalue weighted by molar-refractivity contribution is 1.19. The maximum atomic E-state index is 5.94. The number of thiophene rings is 1. The fraction of sp³-hybridized carbons (Fsp3) is 0. The number of anilines is 1. The molecule has 0 radical (unpaired) electrons. The van der Waals surface area contributed by atoms with Crippen LogP contribution < -0.4 is 5.73 Å². The average molecular weight is 212 g/mol. The molecule has 0 aromatic carbocycles. The van der Waals surface area contributed by atoms with Gasteiger partial charge in [-0.15, -0.1) is 11.3 Å². The molecule has 5 heteroatoms. The van der Waals surface area contributed by atoms with E-state index in [-0.39, 0.29) is 0 Å². The van der Waals surface area contributed by atoms with Crippen LogP contribution in [-0.4, -0.2) is 9.97 Å². The van der Waals surface area contributed by atoms with Gasteiger partial charge < -0.3 is 5.73 Å². The van der Waals surface area contributed by atoms with Crippen LogP contribution in [0.25, 0.3) is 10.6 Å². The molecule has 0 atom stereocenters. The molecule has 0 unspecified atom stereocenters. The van der Waals surface area contributed by atoms with Crippen molar-refractivity contribution in [2.45, 2.75) is 0 Å². The molecular weight excluding hydrogens is 206 g/mol. The van der Waals surface area contributed by atoms with Crippen LogP contribution in [-0.2, 0) is 0 Å². The molecule has 0 saturated carbocycles. The number of halogens is 1. The number of nitrogen functional groups attached to an aromatic ring is 1. The van der Waals surface area contributed by atoms with Gasteiger partial charge >= 0.3 is 0 Å². The normalized spacial score (nSPS) is 10.2. The Morgan fingerprint density at radius 2 is 2.23 bits per heavy atom. The Hall–Kier alpha value is -1.13. The Bertz CT molecular complexity index is 413. The zero-order valence-electron chi connectivity index (χ0n) is 6.57. The van der Waals surface area contributed by atoms with Gasteiger partial charge in [0, 0.05) is 0 Å². The van der Waals surface area contributed by atoms with Crippen LogP contribution in [0.4, 0.5) is 5.82 Å². The van der Waals surface area contributed by atoms with Gasteiger partial charge in [0.1, 0.15) is 22.9 Å². The molecule has 2 rings (SSSR count). The highest BCUT2D eigenvalue weighted by Gasteiger charge is 2.08. The first kappa shape index (κ1) is 8.47. The molecule has 3 nitrogen and oxygen atoms in total. The number of hydrogen-bond donors (Lipinski definition) is 1. The van der Waals surface area contributed by atoms with Crippen molar-refractivity contribution in [3.63, 3.8) is 0 Å². The van der Waals surface area contributed by atoms with Crippen molar-refractivity contribution in [3.05, 3.63) is 28.9 Å². The Labute approximate surface area is 84.2 Å². The second-order valence-corrected chi connectivity index (χ2v) is 3.72. The van der Waals surface area contributed by atoms with Gasteiger partial charge in [0.05, 0.1) is 4.88 Å². The number of nitrogens with zero attached hydrogens (tertiary/aromatic N) is 2. The summed E-state index contributed by atoms with van der Waals surface area (Å²) in [6.45, 7) is 0. The zero-order chi connectivity index (χ0) is 9.26. The van der Waals surface area contributed by atoms with E-state index in [1.165, 1.54) is 6.33 Å². The van der Waals surface area contributed by atoms with Gasteiger partial charge in [-0.2, -0.15) is 0 Å². The summed E-state index contributed by atoms with van der Waals surface area (Å²) in [5, 5.41) is 2.38. The zero-order valence-corrected chi connectivity index (χ0v) is 8.14. The van der Waals surface area contributed by atoms with Crippen LogP contribution in [0.15, 0.2) is 23.8 Å². The molecule has 0 amide bonds. The van der Waals surface area contributed by atoms with Crippen LogP contribution in [0, 0.1) is 0 Å². The van der Waals surface area contributed by atoms with E-state index < -0.39 is 0 Å². The lowest BCUT2D eigenvalue weighted by atomic mass is 10.3. The SMILES string of the molecule is Nc1ncnc(-c2cccs2)c1Cl. The largest absolute Gasteiger partial charge is 0.382 e. The highest BCUT2D eigenvalue weighted by atomic mass is 35.5. The van der Waals surface area contributed by atoms with Crippen molar-refractivity contribution in [1.82, 2.24) is 9.97 Å². The van der Waals surface area contributed by atoms with Crippen LogP contribution >= 0.6 is 22.9 Å². The fourth-order valence-electron chi connectivity index (χ4n) is 0.969. The molecule has 0 aliphatic rings. The topological polar surface area (TPSA) is 51.8 Å². The third-order valence-corrected chi connectivity index (χ3v) is 2.82. The highest BCUT2D eigenvalue weighted by Crippen LogP contribution is 2.31. The van der Waals surface area contributed by atoms with Crippen molar-refractivity contribution in [2.24, 2.45) is 0 Å². The summed E-state index contributed by atoms with van der Waals surface area (Å²) in [6, 6.07) is 3.88. The van der Waals surface area contributed by atoms with Crippen molar-refractivity contribution in [3.8, 4) is 10.6 Å². The van der Waals surface area contributed by atoms with Crippen LogP contribution in [0.1, 0.15) is 0 Å². The summed E-state index contributed by atoms with van der Waals surface area (Å²) in [5.74, 6) is 0.320. The molecule has 2 aromatic rings. The molecule has 0 spiro atoms. The molecule has 0 aliphatic heterocycles. The lowest BCUT2D eigenvalue weighted by Gasteiger charge is -2.00. The molecule has 0 bridgehead atoms. The summed E-state index contributed by atoms with van der Waals surface area (Å²) in [7, 11) is 0. The van der Waals surface area contributed by atoms with Crippen molar-refractivity contribution < 1.29 is 0 Å². The molecular formula is C8H6ClN3S. The van der Waals surface area contributed by atoms with E-state index in [0.29, 0.717) is 16.5 Å². The van der Waals surface area contributed by atoms with E-state index in [1.807, 2.05) is 17.5 Å². The monoisotopic (exact) mass is 211 g/mol. The lowest BCUT2D eigenvalue weighted by Crippen LogP contribution is -1.94. The van der Waals surface area contributed by atoms with Crippen molar-refractivity contribution in [1.29, 1.82) is 0 Å². The van der Waals surface area contributed by atoms with Crippen molar-refractivity contribution >= 4 is 28.8 Å². The van der Waals surface area contributed by atoms with Gasteiger partial charge in [0.2, 0.25) is 0 Å². The van der Waals surface area contributed by atoms with Gasteiger partial charge in [-0.25, -0.2) is 9.97 Å². The van der Waals surface area contributed by atoms with Crippen LogP contribution in [0.2, 0.25) is 5.02 Å². The molecule has 13 heavy (non-hydrogen) atoms. The van der Waals surface area contributed by atoms with E-state index in [4.69, 9.17) is 17.3 Å². The third kappa shape index (κ3) is 1.50. The summed E-state index contributed by atoms with van der Waals surface area (Å²) >= 11 is 7.51. The first-order valence-corrected chi connectivity index (χ1v) is 4.84. The van der Waals surface area contributed by atoms with E-state index in [9.17, 15) is 0 Å².